The fraction of sp³-hybridized carbons (Fsp3) is 0.118. The summed E-state index contributed by atoms with van der Waals surface area (Å²) in [5.41, 5.74) is 2.27. The molecule has 0 fully saturated rings. The molecule has 0 atom stereocenters. The second-order valence-electron chi connectivity index (χ2n) is 4.29. The van der Waals surface area contributed by atoms with E-state index in [0.29, 0.717) is 18.7 Å². The quantitative estimate of drug-likeness (QED) is 0.651. The first-order valence-corrected chi connectivity index (χ1v) is 6.29. The Bertz CT molecular complexity index is 627. The predicted molar refractivity (Wildman–Crippen MR) is 78.2 cm³/mol. The Hall–Kier alpha value is -2.73. The monoisotopic (exact) mass is 265 g/mol. The summed E-state index contributed by atoms with van der Waals surface area (Å²) < 4.78 is 5.80. The number of para-hydroxylation sites is 1. The summed E-state index contributed by atoms with van der Waals surface area (Å²) in [6.45, 7) is 7.45. The van der Waals surface area contributed by atoms with Crippen molar-refractivity contribution in [2.75, 3.05) is 0 Å². The standard InChI is InChI=1S/C17H15NO2/c1-18-16(12-19)11-15-9-5-6-10-17(15)20-13-14-7-3-2-4-8-14/h2-10,12,19H,11,13H2/b16-12-. The van der Waals surface area contributed by atoms with Gasteiger partial charge in [-0.25, -0.2) is 4.85 Å². The molecule has 0 aromatic heterocycles. The molecule has 2 aromatic carbocycles. The summed E-state index contributed by atoms with van der Waals surface area (Å²) in [4.78, 5) is 3.27. The SMILES string of the molecule is [C-]#[N+]/C(=C\O)Cc1ccccc1OCc1ccccc1. The largest absolute Gasteiger partial charge is 0.527 e. The minimum Gasteiger partial charge on any atom is -0.527 e. The van der Waals surface area contributed by atoms with Crippen molar-refractivity contribution in [2.45, 2.75) is 13.0 Å². The molecule has 2 aromatic rings. The molecule has 0 unspecified atom stereocenters. The Morgan fingerprint density at radius 3 is 2.50 bits per heavy atom. The van der Waals surface area contributed by atoms with Crippen molar-refractivity contribution in [2.24, 2.45) is 0 Å². The van der Waals surface area contributed by atoms with Gasteiger partial charge in [-0.2, -0.15) is 0 Å². The molecule has 0 heterocycles. The van der Waals surface area contributed by atoms with Gasteiger partial charge < -0.3 is 9.84 Å². The lowest BCUT2D eigenvalue weighted by Crippen LogP contribution is -1.99. The van der Waals surface area contributed by atoms with Gasteiger partial charge in [-0.1, -0.05) is 48.5 Å². The van der Waals surface area contributed by atoms with Crippen LogP contribution in [0.4, 0.5) is 0 Å². The van der Waals surface area contributed by atoms with Crippen molar-refractivity contribution < 1.29 is 9.84 Å². The fourth-order valence-corrected chi connectivity index (χ4v) is 1.84. The van der Waals surface area contributed by atoms with Gasteiger partial charge in [0.25, 0.3) is 0 Å². The van der Waals surface area contributed by atoms with Crippen molar-refractivity contribution in [1.82, 2.24) is 0 Å². The van der Waals surface area contributed by atoms with Crippen LogP contribution in [0.2, 0.25) is 0 Å². The first-order chi connectivity index (χ1) is 9.83. The van der Waals surface area contributed by atoms with Gasteiger partial charge in [0.1, 0.15) is 12.4 Å². The molecule has 0 aliphatic rings. The van der Waals surface area contributed by atoms with E-state index in [9.17, 15) is 0 Å². The summed E-state index contributed by atoms with van der Waals surface area (Å²) in [5, 5.41) is 8.97. The first kappa shape index (κ1) is 13.7. The summed E-state index contributed by atoms with van der Waals surface area (Å²) in [6.07, 6.45) is 1.21. The highest BCUT2D eigenvalue weighted by Crippen LogP contribution is 2.22. The zero-order valence-corrected chi connectivity index (χ0v) is 11.0. The van der Waals surface area contributed by atoms with E-state index in [4.69, 9.17) is 16.4 Å². The molecule has 0 amide bonds. The topological polar surface area (TPSA) is 33.8 Å². The summed E-state index contributed by atoms with van der Waals surface area (Å²) >= 11 is 0. The number of hydrogen-bond donors (Lipinski definition) is 1. The molecule has 2 rings (SSSR count). The molecule has 100 valence electrons. The number of aliphatic hydroxyl groups excluding tert-OH is 1. The van der Waals surface area contributed by atoms with Crippen LogP contribution in [0, 0.1) is 6.57 Å². The Labute approximate surface area is 118 Å². The highest BCUT2D eigenvalue weighted by atomic mass is 16.5. The first-order valence-electron chi connectivity index (χ1n) is 6.29. The molecule has 0 aliphatic carbocycles. The molecule has 0 aliphatic heterocycles. The van der Waals surface area contributed by atoms with Crippen LogP contribution < -0.4 is 4.74 Å². The van der Waals surface area contributed by atoms with Gasteiger partial charge >= 0.3 is 0 Å². The zero-order valence-electron chi connectivity index (χ0n) is 11.0. The molecule has 3 nitrogen and oxygen atoms in total. The van der Waals surface area contributed by atoms with Crippen LogP contribution in [0.15, 0.2) is 66.6 Å². The molecule has 0 spiro atoms. The Kier molecular flexibility index (Phi) is 4.80. The van der Waals surface area contributed by atoms with Crippen LogP contribution in [-0.4, -0.2) is 5.11 Å². The lowest BCUT2D eigenvalue weighted by molar-refractivity contribution is 0.303. The average Bonchev–Trinajstić information content (AvgIpc) is 2.52. The van der Waals surface area contributed by atoms with E-state index in [1.54, 1.807) is 0 Å². The van der Waals surface area contributed by atoms with E-state index < -0.39 is 0 Å². The van der Waals surface area contributed by atoms with Crippen LogP contribution in [0.3, 0.4) is 0 Å². The third-order valence-corrected chi connectivity index (χ3v) is 2.87. The molecule has 0 radical (unpaired) electrons. The molecule has 3 heteroatoms. The lowest BCUT2D eigenvalue weighted by Gasteiger charge is -2.11. The van der Waals surface area contributed by atoms with Gasteiger partial charge in [0.05, 0.1) is 12.8 Å². The minimum atomic E-state index is 0.292. The highest BCUT2D eigenvalue weighted by molar-refractivity contribution is 5.37. The molecule has 0 saturated heterocycles. The molecule has 0 bridgehead atoms. The second-order valence-corrected chi connectivity index (χ2v) is 4.29. The highest BCUT2D eigenvalue weighted by Gasteiger charge is 2.06. The minimum absolute atomic E-state index is 0.292. The number of allylic oxidation sites excluding steroid dienone is 1. The van der Waals surface area contributed by atoms with Crippen molar-refractivity contribution >= 4 is 0 Å². The van der Waals surface area contributed by atoms with Gasteiger partial charge in [0.15, 0.2) is 0 Å². The van der Waals surface area contributed by atoms with Crippen LogP contribution in [0.1, 0.15) is 11.1 Å². The third-order valence-electron chi connectivity index (χ3n) is 2.87. The Balaban J connectivity index is 2.10. The Morgan fingerprint density at radius 1 is 1.10 bits per heavy atom. The fourth-order valence-electron chi connectivity index (χ4n) is 1.84. The number of nitrogens with zero attached hydrogens (tertiary/aromatic N) is 1. The molecular weight excluding hydrogens is 250 g/mol. The van der Waals surface area contributed by atoms with E-state index in [-0.39, 0.29) is 0 Å². The van der Waals surface area contributed by atoms with Gasteiger partial charge in [-0.3, -0.25) is 0 Å². The number of ether oxygens (including phenoxy) is 1. The van der Waals surface area contributed by atoms with E-state index in [1.807, 2.05) is 54.6 Å². The Morgan fingerprint density at radius 2 is 1.80 bits per heavy atom. The molecule has 0 saturated carbocycles. The zero-order chi connectivity index (χ0) is 14.2. The number of rotatable bonds is 5. The summed E-state index contributed by atoms with van der Waals surface area (Å²) in [6, 6.07) is 17.5. The van der Waals surface area contributed by atoms with E-state index >= 15 is 0 Å². The molecular formula is C17H15NO2. The van der Waals surface area contributed by atoms with Crippen LogP contribution in [-0.2, 0) is 13.0 Å². The summed E-state index contributed by atoms with van der Waals surface area (Å²) in [5.74, 6) is 0.736. The van der Waals surface area contributed by atoms with Gasteiger partial charge in [0.2, 0.25) is 5.70 Å². The lowest BCUT2D eigenvalue weighted by atomic mass is 10.1. The van der Waals surface area contributed by atoms with E-state index in [1.165, 1.54) is 0 Å². The van der Waals surface area contributed by atoms with Crippen molar-refractivity contribution in [3.05, 3.63) is 89.1 Å². The van der Waals surface area contributed by atoms with Crippen LogP contribution in [0.5, 0.6) is 5.75 Å². The maximum Gasteiger partial charge on any atom is 0.203 e. The maximum absolute atomic E-state index is 8.97. The molecule has 1 N–H and O–H groups in total. The van der Waals surface area contributed by atoms with Crippen LogP contribution in [0.25, 0.3) is 4.85 Å². The molecule has 20 heavy (non-hydrogen) atoms. The van der Waals surface area contributed by atoms with E-state index in [2.05, 4.69) is 4.85 Å². The third kappa shape index (κ3) is 3.63. The second kappa shape index (κ2) is 7.01. The van der Waals surface area contributed by atoms with Crippen molar-refractivity contribution in [3.8, 4) is 5.75 Å². The number of aliphatic hydroxyl groups is 1. The van der Waals surface area contributed by atoms with Gasteiger partial charge in [0, 0.05) is 6.42 Å². The van der Waals surface area contributed by atoms with E-state index in [0.717, 1.165) is 23.1 Å². The number of benzene rings is 2. The van der Waals surface area contributed by atoms with Crippen LogP contribution >= 0.6 is 0 Å². The van der Waals surface area contributed by atoms with Gasteiger partial charge in [-0.15, -0.1) is 0 Å². The predicted octanol–water partition coefficient (Wildman–Crippen LogP) is 4.13. The normalized spacial score (nSPS) is 10.8. The van der Waals surface area contributed by atoms with Gasteiger partial charge in [-0.05, 0) is 17.2 Å². The summed E-state index contributed by atoms with van der Waals surface area (Å²) in [7, 11) is 0. The van der Waals surface area contributed by atoms with Crippen molar-refractivity contribution in [1.29, 1.82) is 0 Å². The smallest absolute Gasteiger partial charge is 0.203 e. The van der Waals surface area contributed by atoms with Crippen molar-refractivity contribution in [3.63, 3.8) is 0 Å². The maximum atomic E-state index is 8.97. The number of hydrogen-bond acceptors (Lipinski definition) is 2. The average molecular weight is 265 g/mol.